The minimum absolute atomic E-state index is 0.304. The van der Waals surface area contributed by atoms with Crippen LogP contribution in [0.3, 0.4) is 0 Å². The quantitative estimate of drug-likeness (QED) is 0.888. The van der Waals surface area contributed by atoms with Gasteiger partial charge >= 0.3 is 0 Å². The van der Waals surface area contributed by atoms with E-state index < -0.39 is 11.6 Å². The minimum atomic E-state index is -0.785. The highest BCUT2D eigenvalue weighted by Gasteiger charge is 2.28. The van der Waals surface area contributed by atoms with Crippen molar-refractivity contribution >= 4 is 11.8 Å². The van der Waals surface area contributed by atoms with Gasteiger partial charge in [0.05, 0.1) is 0 Å². The first-order chi connectivity index (χ1) is 8.09. The topological polar surface area (TPSA) is 12.0 Å². The Hall–Kier alpha value is -0.610. The van der Waals surface area contributed by atoms with Crippen molar-refractivity contribution in [3.63, 3.8) is 0 Å². The first-order valence-electron chi connectivity index (χ1n) is 5.88. The third-order valence-electron chi connectivity index (χ3n) is 3.11. The summed E-state index contributed by atoms with van der Waals surface area (Å²) in [6.45, 7) is 3.76. The van der Waals surface area contributed by atoms with Gasteiger partial charge in [0, 0.05) is 17.8 Å². The van der Waals surface area contributed by atoms with Gasteiger partial charge in [-0.05, 0) is 43.2 Å². The largest absolute Gasteiger partial charge is 0.311 e. The second-order valence-electron chi connectivity index (χ2n) is 4.75. The average molecular weight is 257 g/mol. The van der Waals surface area contributed by atoms with Crippen molar-refractivity contribution in [1.29, 1.82) is 0 Å². The summed E-state index contributed by atoms with van der Waals surface area (Å²) in [6, 6.07) is 4.06. The van der Waals surface area contributed by atoms with Gasteiger partial charge in [0.2, 0.25) is 0 Å². The van der Waals surface area contributed by atoms with Crippen LogP contribution in [0.15, 0.2) is 18.2 Å². The van der Waals surface area contributed by atoms with Crippen LogP contribution < -0.4 is 5.32 Å². The highest BCUT2D eigenvalue weighted by Crippen LogP contribution is 2.36. The summed E-state index contributed by atoms with van der Waals surface area (Å²) in [5.74, 6) is -0.332. The molecule has 1 nitrogen and oxygen atoms in total. The number of nitrogens with one attached hydrogen (secondary N) is 1. The van der Waals surface area contributed by atoms with Crippen LogP contribution in [-0.2, 0) is 6.54 Å². The van der Waals surface area contributed by atoms with Gasteiger partial charge in [-0.25, -0.2) is 8.78 Å². The van der Waals surface area contributed by atoms with Crippen LogP contribution in [0.2, 0.25) is 0 Å². The molecule has 17 heavy (non-hydrogen) atoms. The molecule has 0 spiro atoms. The molecular formula is C13H17F2NS. The standard InChI is InChI=1S/C13H17F2NS/c1-13(5-2-6-17-13)9-16-8-10-3-4-11(14)12(15)7-10/h3-4,7,16H,2,5-6,8-9H2,1H3. The monoisotopic (exact) mass is 257 g/mol. The summed E-state index contributed by atoms with van der Waals surface area (Å²) in [6.07, 6.45) is 2.50. The van der Waals surface area contributed by atoms with Gasteiger partial charge in [0.15, 0.2) is 11.6 Å². The summed E-state index contributed by atoms with van der Waals surface area (Å²) in [4.78, 5) is 0. The zero-order valence-corrected chi connectivity index (χ0v) is 10.7. The van der Waals surface area contributed by atoms with E-state index in [0.717, 1.165) is 12.1 Å². The van der Waals surface area contributed by atoms with E-state index in [-0.39, 0.29) is 0 Å². The zero-order chi connectivity index (χ0) is 12.3. The van der Waals surface area contributed by atoms with E-state index in [2.05, 4.69) is 12.2 Å². The van der Waals surface area contributed by atoms with Gasteiger partial charge in [0.25, 0.3) is 0 Å². The summed E-state index contributed by atoms with van der Waals surface area (Å²) >= 11 is 1.99. The van der Waals surface area contributed by atoms with Crippen LogP contribution >= 0.6 is 11.8 Å². The zero-order valence-electron chi connectivity index (χ0n) is 9.93. The lowest BCUT2D eigenvalue weighted by Gasteiger charge is -2.23. The Balaban J connectivity index is 1.83. The van der Waals surface area contributed by atoms with Crippen molar-refractivity contribution in [1.82, 2.24) is 5.32 Å². The number of hydrogen-bond acceptors (Lipinski definition) is 2. The SMILES string of the molecule is CC1(CNCc2ccc(F)c(F)c2)CCCS1. The molecule has 0 bridgehead atoms. The molecule has 0 amide bonds. The van der Waals surface area contributed by atoms with Gasteiger partial charge in [-0.3, -0.25) is 0 Å². The average Bonchev–Trinajstić information content (AvgIpc) is 2.71. The molecule has 1 saturated heterocycles. The van der Waals surface area contributed by atoms with Crippen molar-refractivity contribution < 1.29 is 8.78 Å². The fraction of sp³-hybridized carbons (Fsp3) is 0.538. The van der Waals surface area contributed by atoms with E-state index in [0.29, 0.717) is 11.3 Å². The van der Waals surface area contributed by atoms with Crippen LogP contribution in [-0.4, -0.2) is 17.0 Å². The highest BCUT2D eigenvalue weighted by molar-refractivity contribution is 8.00. The Kier molecular flexibility index (Phi) is 4.05. The van der Waals surface area contributed by atoms with Crippen LogP contribution in [0, 0.1) is 11.6 Å². The van der Waals surface area contributed by atoms with Crippen molar-refractivity contribution in [2.24, 2.45) is 0 Å². The first-order valence-corrected chi connectivity index (χ1v) is 6.86. The number of benzene rings is 1. The van der Waals surface area contributed by atoms with Gasteiger partial charge in [0.1, 0.15) is 0 Å². The normalized spacial score (nSPS) is 24.2. The second-order valence-corrected chi connectivity index (χ2v) is 6.44. The van der Waals surface area contributed by atoms with Gasteiger partial charge in [-0.2, -0.15) is 11.8 Å². The summed E-state index contributed by atoms with van der Waals surface area (Å²) in [5, 5.41) is 3.32. The molecule has 0 aliphatic carbocycles. The van der Waals surface area contributed by atoms with Crippen molar-refractivity contribution in [2.45, 2.75) is 31.1 Å². The molecule has 1 unspecified atom stereocenters. The van der Waals surface area contributed by atoms with Crippen molar-refractivity contribution in [3.8, 4) is 0 Å². The molecule has 1 fully saturated rings. The Morgan fingerprint density at radius 1 is 1.35 bits per heavy atom. The molecule has 0 radical (unpaired) electrons. The Bertz CT molecular complexity index is 389. The molecule has 1 heterocycles. The van der Waals surface area contributed by atoms with Gasteiger partial charge in [-0.15, -0.1) is 0 Å². The summed E-state index contributed by atoms with van der Waals surface area (Å²) < 4.78 is 26.0. The highest BCUT2D eigenvalue weighted by atomic mass is 32.2. The minimum Gasteiger partial charge on any atom is -0.311 e. The molecule has 4 heteroatoms. The summed E-state index contributed by atoms with van der Waals surface area (Å²) in [5.41, 5.74) is 0.787. The van der Waals surface area contributed by atoms with Crippen LogP contribution in [0.4, 0.5) is 8.78 Å². The van der Waals surface area contributed by atoms with Gasteiger partial charge in [-0.1, -0.05) is 6.07 Å². The lowest BCUT2D eigenvalue weighted by Crippen LogP contribution is -2.32. The fourth-order valence-corrected chi connectivity index (χ4v) is 3.37. The predicted molar refractivity (Wildman–Crippen MR) is 68.2 cm³/mol. The van der Waals surface area contributed by atoms with E-state index in [4.69, 9.17) is 0 Å². The maximum absolute atomic E-state index is 13.0. The van der Waals surface area contributed by atoms with Crippen molar-refractivity contribution in [2.75, 3.05) is 12.3 Å². The molecule has 1 aliphatic rings. The Morgan fingerprint density at radius 3 is 2.82 bits per heavy atom. The van der Waals surface area contributed by atoms with Crippen LogP contribution in [0.25, 0.3) is 0 Å². The van der Waals surface area contributed by atoms with E-state index in [1.165, 1.54) is 30.7 Å². The third-order valence-corrected chi connectivity index (χ3v) is 4.65. The van der Waals surface area contributed by atoms with Crippen LogP contribution in [0.5, 0.6) is 0 Å². The molecule has 1 atom stereocenters. The second kappa shape index (κ2) is 5.36. The molecule has 2 rings (SSSR count). The number of rotatable bonds is 4. The maximum atomic E-state index is 13.0. The third kappa shape index (κ3) is 3.42. The predicted octanol–water partition coefficient (Wildman–Crippen LogP) is 3.34. The number of halogens is 2. The number of thioether (sulfide) groups is 1. The molecule has 1 N–H and O–H groups in total. The molecule has 1 aromatic carbocycles. The Labute approximate surface area is 105 Å². The molecule has 0 saturated carbocycles. The molecule has 94 valence electrons. The number of hydrogen-bond donors (Lipinski definition) is 1. The molecule has 1 aromatic rings. The lowest BCUT2D eigenvalue weighted by molar-refractivity contribution is 0.503. The maximum Gasteiger partial charge on any atom is 0.159 e. The fourth-order valence-electron chi connectivity index (χ4n) is 2.10. The summed E-state index contributed by atoms with van der Waals surface area (Å²) in [7, 11) is 0. The molecule has 0 aromatic heterocycles. The smallest absolute Gasteiger partial charge is 0.159 e. The van der Waals surface area contributed by atoms with E-state index in [9.17, 15) is 8.78 Å². The van der Waals surface area contributed by atoms with E-state index in [1.54, 1.807) is 6.07 Å². The van der Waals surface area contributed by atoms with E-state index >= 15 is 0 Å². The molecule has 1 aliphatic heterocycles. The van der Waals surface area contributed by atoms with Gasteiger partial charge < -0.3 is 5.32 Å². The van der Waals surface area contributed by atoms with Crippen molar-refractivity contribution in [3.05, 3.63) is 35.4 Å². The van der Waals surface area contributed by atoms with E-state index in [1.807, 2.05) is 11.8 Å². The molecular weight excluding hydrogens is 240 g/mol. The Morgan fingerprint density at radius 2 is 2.18 bits per heavy atom. The lowest BCUT2D eigenvalue weighted by atomic mass is 10.1. The van der Waals surface area contributed by atoms with Crippen LogP contribution in [0.1, 0.15) is 25.3 Å². The first kappa shape index (κ1) is 12.8.